The van der Waals surface area contributed by atoms with Crippen LogP contribution in [0.15, 0.2) is 9.85 Å². The lowest BCUT2D eigenvalue weighted by atomic mass is 10.1. The number of nitrogens with zero attached hydrogens (tertiary/aromatic N) is 3. The molecular weight excluding hydrogens is 336 g/mol. The van der Waals surface area contributed by atoms with Crippen LogP contribution in [0.25, 0.3) is 0 Å². The molecule has 0 aliphatic heterocycles. The van der Waals surface area contributed by atoms with E-state index in [2.05, 4.69) is 50.6 Å². The van der Waals surface area contributed by atoms with E-state index in [1.807, 2.05) is 18.7 Å². The third-order valence-electron chi connectivity index (χ3n) is 3.34. The second-order valence-corrected chi connectivity index (χ2v) is 6.65. The molecule has 0 fully saturated rings. The largest absolute Gasteiger partial charge is 0.309 e. The molecule has 1 N–H and O–H groups in total. The van der Waals surface area contributed by atoms with Crippen molar-refractivity contribution in [3.8, 4) is 0 Å². The van der Waals surface area contributed by atoms with Crippen molar-refractivity contribution >= 4 is 27.3 Å². The van der Waals surface area contributed by atoms with Crippen molar-refractivity contribution in [3.63, 3.8) is 0 Å². The summed E-state index contributed by atoms with van der Waals surface area (Å²) < 4.78 is 3.12. The maximum absolute atomic E-state index is 4.62. The van der Waals surface area contributed by atoms with Crippen molar-refractivity contribution in [1.82, 2.24) is 20.1 Å². The highest BCUT2D eigenvalue weighted by molar-refractivity contribution is 9.10. The highest BCUT2D eigenvalue weighted by Crippen LogP contribution is 2.27. The third kappa shape index (κ3) is 3.30. The summed E-state index contributed by atoms with van der Waals surface area (Å²) in [4.78, 5) is 4.62. The summed E-state index contributed by atoms with van der Waals surface area (Å²) in [5, 5.41) is 11.3. The fraction of sp³-hybridized carbons (Fsp3) is 0.571. The Morgan fingerprint density at radius 2 is 2.20 bits per heavy atom. The number of thiazole rings is 1. The van der Waals surface area contributed by atoms with Crippen LogP contribution in [0.1, 0.15) is 42.0 Å². The first-order valence-corrected chi connectivity index (χ1v) is 8.59. The van der Waals surface area contributed by atoms with E-state index in [0.717, 1.165) is 40.3 Å². The van der Waals surface area contributed by atoms with E-state index in [1.54, 1.807) is 11.3 Å². The van der Waals surface area contributed by atoms with Gasteiger partial charge in [-0.05, 0) is 35.8 Å². The molecule has 1 atom stereocenters. The van der Waals surface area contributed by atoms with Crippen LogP contribution in [0.3, 0.4) is 0 Å². The summed E-state index contributed by atoms with van der Waals surface area (Å²) in [6.45, 7) is 7.23. The number of aryl methyl sites for hydroxylation is 3. The van der Waals surface area contributed by atoms with E-state index in [-0.39, 0.29) is 6.04 Å². The third-order valence-corrected chi connectivity index (χ3v) is 5.05. The Balaban J connectivity index is 2.26. The lowest BCUT2D eigenvalue weighted by molar-refractivity contribution is 0.518. The van der Waals surface area contributed by atoms with E-state index in [4.69, 9.17) is 0 Å². The van der Waals surface area contributed by atoms with E-state index in [0.29, 0.717) is 0 Å². The molecule has 0 bridgehead atoms. The Labute approximate surface area is 132 Å². The van der Waals surface area contributed by atoms with Gasteiger partial charge in [-0.25, -0.2) is 4.98 Å². The Morgan fingerprint density at radius 1 is 1.45 bits per heavy atom. The molecule has 0 saturated heterocycles. The molecule has 2 heterocycles. The zero-order valence-electron chi connectivity index (χ0n) is 12.4. The minimum Gasteiger partial charge on any atom is -0.309 e. The molecule has 2 rings (SSSR count). The Morgan fingerprint density at radius 3 is 2.70 bits per heavy atom. The number of likely N-dealkylation sites (N-methyl/N-ethyl adjacent to an activating group) is 1. The highest BCUT2D eigenvalue weighted by atomic mass is 79.9. The number of hydrogen-bond donors (Lipinski definition) is 1. The minimum absolute atomic E-state index is 0.237. The van der Waals surface area contributed by atoms with Crippen LogP contribution >= 0.6 is 27.3 Å². The summed E-state index contributed by atoms with van der Waals surface area (Å²) in [6.07, 6.45) is 1.83. The van der Waals surface area contributed by atoms with Gasteiger partial charge < -0.3 is 5.32 Å². The smallest absolute Gasteiger partial charge is 0.0898 e. The number of nitrogens with one attached hydrogen (secondary N) is 1. The van der Waals surface area contributed by atoms with Gasteiger partial charge in [-0.1, -0.05) is 13.8 Å². The van der Waals surface area contributed by atoms with Crippen LogP contribution in [0.2, 0.25) is 0 Å². The van der Waals surface area contributed by atoms with Gasteiger partial charge in [0.25, 0.3) is 0 Å². The fourth-order valence-electron chi connectivity index (χ4n) is 2.30. The number of rotatable bonds is 6. The summed E-state index contributed by atoms with van der Waals surface area (Å²) in [6, 6.07) is 0.237. The average Bonchev–Trinajstić information content (AvgIpc) is 2.96. The van der Waals surface area contributed by atoms with E-state index < -0.39 is 0 Å². The van der Waals surface area contributed by atoms with Gasteiger partial charge in [0.1, 0.15) is 0 Å². The molecule has 4 nitrogen and oxygen atoms in total. The Kier molecular flexibility index (Phi) is 5.35. The lowest BCUT2D eigenvalue weighted by Crippen LogP contribution is -2.24. The van der Waals surface area contributed by atoms with Gasteiger partial charge in [0.2, 0.25) is 0 Å². The fourth-order valence-corrected chi connectivity index (χ4v) is 3.75. The molecule has 0 aliphatic carbocycles. The van der Waals surface area contributed by atoms with Crippen molar-refractivity contribution in [1.29, 1.82) is 0 Å². The van der Waals surface area contributed by atoms with Gasteiger partial charge >= 0.3 is 0 Å². The summed E-state index contributed by atoms with van der Waals surface area (Å²) in [5.41, 5.74) is 3.46. The molecule has 1 unspecified atom stereocenters. The molecule has 0 amide bonds. The maximum atomic E-state index is 4.62. The molecule has 0 saturated carbocycles. The zero-order valence-corrected chi connectivity index (χ0v) is 14.8. The maximum Gasteiger partial charge on any atom is 0.0898 e. The Bertz CT molecular complexity index is 576. The van der Waals surface area contributed by atoms with Crippen molar-refractivity contribution in [2.24, 2.45) is 7.05 Å². The van der Waals surface area contributed by atoms with Crippen LogP contribution in [0.4, 0.5) is 0 Å². The van der Waals surface area contributed by atoms with Crippen molar-refractivity contribution < 1.29 is 0 Å². The van der Waals surface area contributed by atoms with Crippen LogP contribution in [0.5, 0.6) is 0 Å². The topological polar surface area (TPSA) is 42.7 Å². The SMILES string of the molecule is CCNC(Cc1c(Br)c(CC)nn1C)c1csc(C)n1. The first-order chi connectivity index (χ1) is 9.56. The van der Waals surface area contributed by atoms with Gasteiger partial charge in [0, 0.05) is 18.8 Å². The molecule has 110 valence electrons. The van der Waals surface area contributed by atoms with Crippen molar-refractivity contribution in [2.45, 2.75) is 39.7 Å². The monoisotopic (exact) mass is 356 g/mol. The molecular formula is C14H21BrN4S. The van der Waals surface area contributed by atoms with Crippen LogP contribution < -0.4 is 5.32 Å². The second-order valence-electron chi connectivity index (χ2n) is 4.79. The molecule has 0 spiro atoms. The van der Waals surface area contributed by atoms with Gasteiger partial charge in [-0.15, -0.1) is 11.3 Å². The van der Waals surface area contributed by atoms with Crippen LogP contribution in [-0.2, 0) is 19.9 Å². The first-order valence-electron chi connectivity index (χ1n) is 6.92. The van der Waals surface area contributed by atoms with Crippen molar-refractivity contribution in [3.05, 3.63) is 31.9 Å². The summed E-state index contributed by atoms with van der Waals surface area (Å²) in [7, 11) is 2.01. The van der Waals surface area contributed by atoms with Crippen LogP contribution in [-0.4, -0.2) is 21.3 Å². The number of hydrogen-bond acceptors (Lipinski definition) is 4. The zero-order chi connectivity index (χ0) is 14.7. The van der Waals surface area contributed by atoms with Gasteiger partial charge in [-0.2, -0.15) is 5.10 Å². The molecule has 6 heteroatoms. The first kappa shape index (κ1) is 15.7. The lowest BCUT2D eigenvalue weighted by Gasteiger charge is -2.16. The predicted octanol–water partition coefficient (Wildman–Crippen LogP) is 3.40. The molecule has 20 heavy (non-hydrogen) atoms. The van der Waals surface area contributed by atoms with Gasteiger partial charge in [0.05, 0.1) is 32.6 Å². The average molecular weight is 357 g/mol. The molecule has 2 aromatic heterocycles. The summed E-state index contributed by atoms with van der Waals surface area (Å²) in [5.74, 6) is 0. The van der Waals surface area contributed by atoms with Crippen LogP contribution in [0, 0.1) is 6.92 Å². The number of halogens is 1. The van der Waals surface area contributed by atoms with Crippen molar-refractivity contribution in [2.75, 3.05) is 6.54 Å². The second kappa shape index (κ2) is 6.83. The minimum atomic E-state index is 0.237. The van der Waals surface area contributed by atoms with Gasteiger partial charge in [0.15, 0.2) is 0 Å². The molecule has 0 aromatic carbocycles. The summed E-state index contributed by atoms with van der Waals surface area (Å²) >= 11 is 5.39. The predicted molar refractivity (Wildman–Crippen MR) is 87.3 cm³/mol. The number of aromatic nitrogens is 3. The van der Waals surface area contributed by atoms with E-state index in [1.165, 1.54) is 5.69 Å². The standard InChI is InChI=1S/C14H21BrN4S/c1-5-10-14(15)13(19(4)18-10)7-11(16-6-2)12-8-20-9(3)17-12/h8,11,16H,5-7H2,1-4H3. The Hall–Kier alpha value is -0.720. The normalized spacial score (nSPS) is 12.8. The molecule has 0 radical (unpaired) electrons. The highest BCUT2D eigenvalue weighted by Gasteiger charge is 2.20. The van der Waals surface area contributed by atoms with E-state index in [9.17, 15) is 0 Å². The molecule has 0 aliphatic rings. The quantitative estimate of drug-likeness (QED) is 0.862. The van der Waals surface area contributed by atoms with Gasteiger partial charge in [-0.3, -0.25) is 4.68 Å². The van der Waals surface area contributed by atoms with E-state index >= 15 is 0 Å². The molecule has 2 aromatic rings.